The van der Waals surface area contributed by atoms with E-state index in [9.17, 15) is 19.5 Å². The number of carbonyl (C=O) groups is 3. The molecule has 0 saturated heterocycles. The Hall–Kier alpha value is -3.23. The third-order valence-electron chi connectivity index (χ3n) is 9.85. The Balaban J connectivity index is 4.34. The summed E-state index contributed by atoms with van der Waals surface area (Å²) in [6.45, 7) is 4.49. The molecular weight excluding hydrogens is 727 g/mol. The van der Waals surface area contributed by atoms with Crippen molar-refractivity contribution < 1.29 is 38.2 Å². The Morgan fingerprint density at radius 3 is 1.34 bits per heavy atom. The lowest BCUT2D eigenvalue weighted by atomic mass is 10.1. The first kappa shape index (κ1) is 54.8. The van der Waals surface area contributed by atoms with Crippen molar-refractivity contribution in [2.45, 2.75) is 187 Å². The summed E-state index contributed by atoms with van der Waals surface area (Å²) in [5, 5.41) is 9.63. The fourth-order valence-corrected chi connectivity index (χ4v) is 6.35. The van der Waals surface area contributed by atoms with Gasteiger partial charge in [-0.1, -0.05) is 151 Å². The number of nitrogens with zero attached hydrogens (tertiary/aromatic N) is 1. The van der Waals surface area contributed by atoms with Gasteiger partial charge in [0.1, 0.15) is 6.61 Å². The number of allylic oxidation sites excluding steroid dienone is 12. The highest BCUT2D eigenvalue weighted by Crippen LogP contribution is 2.14. The van der Waals surface area contributed by atoms with Crippen LogP contribution in [0.2, 0.25) is 0 Å². The molecule has 332 valence electrons. The lowest BCUT2D eigenvalue weighted by Crippen LogP contribution is -2.50. The summed E-state index contributed by atoms with van der Waals surface area (Å²) in [6, 6.07) is -0.621. The topological polar surface area (TPSA) is 99.1 Å². The first-order valence-corrected chi connectivity index (χ1v) is 23.0. The highest BCUT2D eigenvalue weighted by Gasteiger charge is 2.31. The van der Waals surface area contributed by atoms with Gasteiger partial charge in [0.05, 0.1) is 34.4 Å². The predicted octanol–water partition coefficient (Wildman–Crippen LogP) is 12.7. The lowest BCUT2D eigenvalue weighted by molar-refractivity contribution is -0.887. The third-order valence-corrected chi connectivity index (χ3v) is 9.85. The number of esters is 2. The van der Waals surface area contributed by atoms with E-state index in [2.05, 4.69) is 86.8 Å². The number of likely N-dealkylation sites (N-methyl/N-ethyl adjacent to an activating group) is 1. The smallest absolute Gasteiger partial charge is 0.362 e. The minimum Gasteiger partial charge on any atom is -0.477 e. The van der Waals surface area contributed by atoms with Gasteiger partial charge >= 0.3 is 17.9 Å². The van der Waals surface area contributed by atoms with Crippen LogP contribution < -0.4 is 0 Å². The molecule has 0 aliphatic heterocycles. The number of rotatable bonds is 40. The monoisotopic (exact) mass is 813 g/mol. The summed E-state index contributed by atoms with van der Waals surface area (Å²) < 4.78 is 17.3. The van der Waals surface area contributed by atoms with Gasteiger partial charge in [0.15, 0.2) is 12.1 Å². The molecule has 0 rings (SSSR count). The number of unbranched alkanes of at least 4 members (excludes halogenated alkanes) is 14. The zero-order chi connectivity index (χ0) is 42.8. The fraction of sp³-hybridized carbons (Fsp3) is 0.700. The van der Waals surface area contributed by atoms with Crippen molar-refractivity contribution in [2.24, 2.45) is 0 Å². The Bertz CT molecular complexity index is 1180. The summed E-state index contributed by atoms with van der Waals surface area (Å²) in [7, 11) is 5.52. The van der Waals surface area contributed by atoms with Crippen molar-refractivity contribution in [1.29, 1.82) is 0 Å². The van der Waals surface area contributed by atoms with E-state index in [4.69, 9.17) is 14.2 Å². The molecule has 0 aliphatic carbocycles. The van der Waals surface area contributed by atoms with Crippen molar-refractivity contribution >= 4 is 17.9 Å². The van der Waals surface area contributed by atoms with Crippen LogP contribution in [0.1, 0.15) is 174 Å². The van der Waals surface area contributed by atoms with E-state index < -0.39 is 18.1 Å². The number of hydrogen-bond donors (Lipinski definition) is 1. The van der Waals surface area contributed by atoms with Gasteiger partial charge in [0.25, 0.3) is 0 Å². The minimum absolute atomic E-state index is 0.0507. The van der Waals surface area contributed by atoms with E-state index in [1.54, 1.807) is 0 Å². The molecule has 0 aromatic carbocycles. The lowest BCUT2D eigenvalue weighted by Gasteiger charge is -2.31. The van der Waals surface area contributed by atoms with E-state index >= 15 is 0 Å². The molecule has 8 heteroatoms. The quantitative estimate of drug-likeness (QED) is 0.0285. The summed E-state index contributed by atoms with van der Waals surface area (Å²) in [5.74, 6) is -1.50. The summed E-state index contributed by atoms with van der Waals surface area (Å²) in [5.41, 5.74) is 0. The molecule has 0 bridgehead atoms. The highest BCUT2D eigenvalue weighted by molar-refractivity contribution is 5.72. The van der Waals surface area contributed by atoms with Gasteiger partial charge in [-0.25, -0.2) is 4.79 Å². The second kappa shape index (κ2) is 40.5. The molecule has 2 unspecified atom stereocenters. The predicted molar refractivity (Wildman–Crippen MR) is 243 cm³/mol. The van der Waals surface area contributed by atoms with Crippen molar-refractivity contribution in [3.05, 3.63) is 72.9 Å². The van der Waals surface area contributed by atoms with E-state index in [0.29, 0.717) is 19.3 Å². The number of aliphatic carboxylic acids is 1. The molecule has 0 aromatic rings. The van der Waals surface area contributed by atoms with Gasteiger partial charge in [-0.3, -0.25) is 9.59 Å². The van der Waals surface area contributed by atoms with Crippen LogP contribution in [-0.4, -0.2) is 80.6 Å². The highest BCUT2D eigenvalue weighted by atomic mass is 16.6. The van der Waals surface area contributed by atoms with Gasteiger partial charge < -0.3 is 23.8 Å². The van der Waals surface area contributed by atoms with Gasteiger partial charge in [-0.15, -0.1) is 0 Å². The molecule has 0 aliphatic rings. The Labute approximate surface area is 355 Å². The Morgan fingerprint density at radius 1 is 0.517 bits per heavy atom. The van der Waals surface area contributed by atoms with Crippen LogP contribution in [0.15, 0.2) is 72.9 Å². The van der Waals surface area contributed by atoms with Crippen LogP contribution in [0, 0.1) is 0 Å². The summed E-state index contributed by atoms with van der Waals surface area (Å²) in [4.78, 5) is 37.0. The number of carbonyl (C=O) groups excluding carboxylic acids is 2. The van der Waals surface area contributed by atoms with Crippen LogP contribution in [0.5, 0.6) is 0 Å². The molecule has 8 nitrogen and oxygen atoms in total. The Kier molecular flexibility index (Phi) is 38.3. The fourth-order valence-electron chi connectivity index (χ4n) is 6.35. The van der Waals surface area contributed by atoms with Crippen LogP contribution in [0.3, 0.4) is 0 Å². The maximum atomic E-state index is 12.8. The number of hydrogen-bond acceptors (Lipinski definition) is 6. The van der Waals surface area contributed by atoms with Crippen molar-refractivity contribution in [1.82, 2.24) is 0 Å². The molecule has 0 amide bonds. The molecule has 0 fully saturated rings. The number of quaternary nitrogens is 1. The maximum absolute atomic E-state index is 12.8. The SMILES string of the molecule is CC/C=C/C/C=C/C/C=C/C/C=C/CCCCCCCCCC(=O)OC(COCCC(C(=O)O)[N+](C)(C)C)COC(=O)CCCCCCCCC/C=C/C/C=C/CC. The minimum atomic E-state index is -0.881. The Morgan fingerprint density at radius 2 is 0.914 bits per heavy atom. The molecule has 0 spiro atoms. The van der Waals surface area contributed by atoms with E-state index in [-0.39, 0.29) is 36.2 Å². The molecule has 0 saturated carbocycles. The van der Waals surface area contributed by atoms with Crippen LogP contribution >= 0.6 is 0 Å². The molecule has 2 atom stereocenters. The number of carboxylic acids is 1. The van der Waals surface area contributed by atoms with Crippen molar-refractivity contribution in [2.75, 3.05) is 41.0 Å². The molecule has 0 radical (unpaired) electrons. The van der Waals surface area contributed by atoms with Crippen LogP contribution in [-0.2, 0) is 28.6 Å². The van der Waals surface area contributed by atoms with Gasteiger partial charge in [0, 0.05) is 19.3 Å². The first-order chi connectivity index (χ1) is 28.1. The van der Waals surface area contributed by atoms with Gasteiger partial charge in [0.2, 0.25) is 0 Å². The molecule has 58 heavy (non-hydrogen) atoms. The maximum Gasteiger partial charge on any atom is 0.362 e. The van der Waals surface area contributed by atoms with E-state index in [1.165, 1.54) is 44.9 Å². The second-order valence-corrected chi connectivity index (χ2v) is 16.2. The van der Waals surface area contributed by atoms with Crippen LogP contribution in [0.25, 0.3) is 0 Å². The van der Waals surface area contributed by atoms with Crippen molar-refractivity contribution in [3.63, 3.8) is 0 Å². The molecular formula is C50H86NO7+. The van der Waals surface area contributed by atoms with Crippen LogP contribution in [0.4, 0.5) is 0 Å². The summed E-state index contributed by atoms with van der Waals surface area (Å²) in [6.07, 6.45) is 50.8. The summed E-state index contributed by atoms with van der Waals surface area (Å²) >= 11 is 0. The van der Waals surface area contributed by atoms with Gasteiger partial charge in [-0.2, -0.15) is 0 Å². The van der Waals surface area contributed by atoms with Crippen molar-refractivity contribution in [3.8, 4) is 0 Å². The van der Waals surface area contributed by atoms with Gasteiger partial charge in [-0.05, 0) is 77.0 Å². The average molecular weight is 813 g/mol. The standard InChI is InChI=1S/C50H85NO7/c1-6-8-10-12-14-16-18-20-22-23-24-25-26-27-29-31-33-35-37-39-41-49(53)58-46(44-56-43-42-47(50(54)55)51(3,4)5)45-57-48(52)40-38-36-34-32-30-28-21-19-17-15-13-11-9-7-2/h8-11,14-17,20,22,24-25,46-47H,6-7,12-13,18-19,21,23,26-45H2,1-5H3/p+1/b10-8+,11-9+,16-14+,17-15+,22-20+,25-24+. The van der Waals surface area contributed by atoms with E-state index in [0.717, 1.165) is 96.3 Å². The molecule has 0 aromatic heterocycles. The zero-order valence-electron chi connectivity index (χ0n) is 37.7. The normalized spacial score (nSPS) is 13.6. The van der Waals surface area contributed by atoms with E-state index in [1.807, 2.05) is 21.1 Å². The molecule has 1 N–H and O–H groups in total. The third kappa shape index (κ3) is 38.3. The zero-order valence-corrected chi connectivity index (χ0v) is 37.7. The molecule has 0 heterocycles. The average Bonchev–Trinajstić information content (AvgIpc) is 3.18. The first-order valence-electron chi connectivity index (χ1n) is 23.0. The second-order valence-electron chi connectivity index (χ2n) is 16.2. The largest absolute Gasteiger partial charge is 0.477 e. The number of ether oxygens (including phenoxy) is 3. The number of carboxylic acid groups (broad SMARTS) is 1.